The zero-order chi connectivity index (χ0) is 23.2. The minimum absolute atomic E-state index is 0.0524. The lowest BCUT2D eigenvalue weighted by Gasteiger charge is -2.20. The van der Waals surface area contributed by atoms with E-state index in [2.05, 4.69) is 10.0 Å². The Labute approximate surface area is 189 Å². The highest BCUT2D eigenvalue weighted by Gasteiger charge is 2.22. The molecule has 0 unspecified atom stereocenters. The lowest BCUT2D eigenvalue weighted by atomic mass is 10.1. The number of hydrogen-bond acceptors (Lipinski definition) is 5. The largest absolute Gasteiger partial charge is 0.490 e. The lowest BCUT2D eigenvalue weighted by molar-refractivity contribution is 0.102. The molecule has 7 nitrogen and oxygen atoms in total. The van der Waals surface area contributed by atoms with Gasteiger partial charge in [0.05, 0.1) is 23.1 Å². The summed E-state index contributed by atoms with van der Waals surface area (Å²) < 4.78 is 39.0. The summed E-state index contributed by atoms with van der Waals surface area (Å²) >= 11 is 6.33. The zero-order valence-corrected chi connectivity index (χ0v) is 20.0. The van der Waals surface area contributed by atoms with Gasteiger partial charge in [-0.25, -0.2) is 13.1 Å². The summed E-state index contributed by atoms with van der Waals surface area (Å²) in [6, 6.07) is 9.08. The number of ether oxygens (including phenoxy) is 2. The number of rotatable bonds is 9. The van der Waals surface area contributed by atoms with Crippen LogP contribution in [0.4, 0.5) is 5.69 Å². The van der Waals surface area contributed by atoms with Gasteiger partial charge in [0.2, 0.25) is 10.0 Å². The molecule has 31 heavy (non-hydrogen) atoms. The second kappa shape index (κ2) is 10.3. The summed E-state index contributed by atoms with van der Waals surface area (Å²) in [6.45, 7) is 9.90. The predicted molar refractivity (Wildman–Crippen MR) is 123 cm³/mol. The third-order valence-corrected chi connectivity index (χ3v) is 5.90. The van der Waals surface area contributed by atoms with E-state index in [1.807, 2.05) is 13.8 Å². The highest BCUT2D eigenvalue weighted by molar-refractivity contribution is 7.89. The van der Waals surface area contributed by atoms with Crippen molar-refractivity contribution in [1.82, 2.24) is 4.72 Å². The number of amides is 1. The second-order valence-corrected chi connectivity index (χ2v) is 9.99. The average molecular weight is 469 g/mol. The van der Waals surface area contributed by atoms with E-state index < -0.39 is 21.5 Å². The molecular formula is C22H29ClN2O5S. The van der Waals surface area contributed by atoms with Gasteiger partial charge in [0.15, 0.2) is 11.5 Å². The molecular weight excluding hydrogens is 440 g/mol. The summed E-state index contributed by atoms with van der Waals surface area (Å²) in [4.78, 5) is 12.9. The van der Waals surface area contributed by atoms with Crippen molar-refractivity contribution in [2.45, 2.75) is 51.5 Å². The molecule has 1 amide bonds. The highest BCUT2D eigenvalue weighted by atomic mass is 35.5. The smallest absolute Gasteiger partial charge is 0.255 e. The normalized spacial score (nSPS) is 11.8. The van der Waals surface area contributed by atoms with Gasteiger partial charge in [-0.2, -0.15) is 0 Å². The van der Waals surface area contributed by atoms with E-state index in [1.165, 1.54) is 18.2 Å². The van der Waals surface area contributed by atoms with Gasteiger partial charge >= 0.3 is 0 Å². The molecule has 0 heterocycles. The van der Waals surface area contributed by atoms with Gasteiger partial charge in [-0.15, -0.1) is 0 Å². The number of sulfonamides is 1. The van der Waals surface area contributed by atoms with Crippen LogP contribution in [0.5, 0.6) is 11.5 Å². The molecule has 9 heteroatoms. The molecule has 0 aromatic heterocycles. The average Bonchev–Trinajstić information content (AvgIpc) is 2.66. The molecule has 0 spiro atoms. The van der Waals surface area contributed by atoms with Crippen LogP contribution in [-0.4, -0.2) is 33.1 Å². The van der Waals surface area contributed by atoms with Crippen molar-refractivity contribution in [2.75, 3.05) is 18.5 Å². The molecule has 0 bridgehead atoms. The van der Waals surface area contributed by atoms with Crippen LogP contribution in [0, 0.1) is 0 Å². The fourth-order valence-electron chi connectivity index (χ4n) is 2.71. The van der Waals surface area contributed by atoms with Crippen LogP contribution in [0.3, 0.4) is 0 Å². The van der Waals surface area contributed by atoms with Crippen LogP contribution < -0.4 is 19.5 Å². The van der Waals surface area contributed by atoms with E-state index in [9.17, 15) is 13.2 Å². The molecule has 0 saturated carbocycles. The number of benzene rings is 2. The van der Waals surface area contributed by atoms with Crippen molar-refractivity contribution in [1.29, 1.82) is 0 Å². The van der Waals surface area contributed by atoms with Crippen molar-refractivity contribution in [3.05, 3.63) is 47.0 Å². The Morgan fingerprint density at radius 3 is 2.42 bits per heavy atom. The van der Waals surface area contributed by atoms with Gasteiger partial charge < -0.3 is 14.8 Å². The quantitative estimate of drug-likeness (QED) is 0.548. The molecule has 0 saturated heterocycles. The SMILES string of the molecule is CCCOc1c(Cl)cc(C(=O)Nc2cccc(S(=O)(=O)NC(C)(C)C)c2)cc1OCC. The van der Waals surface area contributed by atoms with Crippen molar-refractivity contribution >= 4 is 33.2 Å². The molecule has 2 aromatic rings. The number of carbonyl (C=O) groups excluding carboxylic acids is 1. The van der Waals surface area contributed by atoms with Crippen molar-refractivity contribution in [3.8, 4) is 11.5 Å². The number of hydrogen-bond donors (Lipinski definition) is 2. The van der Waals surface area contributed by atoms with E-state index in [-0.39, 0.29) is 15.5 Å². The molecule has 0 aliphatic heterocycles. The number of halogens is 1. The molecule has 170 valence electrons. The Morgan fingerprint density at radius 2 is 1.81 bits per heavy atom. The third-order valence-electron chi connectivity index (χ3n) is 3.86. The molecule has 2 aromatic carbocycles. The van der Waals surface area contributed by atoms with Gasteiger partial charge in [0.25, 0.3) is 5.91 Å². The molecule has 2 rings (SSSR count). The molecule has 0 aliphatic rings. The monoisotopic (exact) mass is 468 g/mol. The van der Waals surface area contributed by atoms with Crippen LogP contribution in [0.25, 0.3) is 0 Å². The van der Waals surface area contributed by atoms with Crippen molar-refractivity contribution in [3.63, 3.8) is 0 Å². The Kier molecular flexibility index (Phi) is 8.34. The van der Waals surface area contributed by atoms with Crippen LogP contribution in [-0.2, 0) is 10.0 Å². The maximum Gasteiger partial charge on any atom is 0.255 e. The number of anilines is 1. The van der Waals surface area contributed by atoms with Gasteiger partial charge in [-0.05, 0) is 64.4 Å². The van der Waals surface area contributed by atoms with Gasteiger partial charge in [-0.1, -0.05) is 24.6 Å². The van der Waals surface area contributed by atoms with E-state index in [4.69, 9.17) is 21.1 Å². The minimum atomic E-state index is -3.74. The summed E-state index contributed by atoms with van der Waals surface area (Å²) in [5.41, 5.74) is -0.0351. The maximum absolute atomic E-state index is 12.8. The third kappa shape index (κ3) is 7.12. The Bertz CT molecular complexity index is 1030. The number of nitrogens with one attached hydrogen (secondary N) is 2. The first-order valence-corrected chi connectivity index (χ1v) is 11.9. The fraction of sp³-hybridized carbons (Fsp3) is 0.409. The fourth-order valence-corrected chi connectivity index (χ4v) is 4.44. The van der Waals surface area contributed by atoms with Gasteiger partial charge in [0.1, 0.15) is 0 Å². The summed E-state index contributed by atoms with van der Waals surface area (Å²) in [7, 11) is -3.74. The summed E-state index contributed by atoms with van der Waals surface area (Å²) in [6.07, 6.45) is 0.799. The number of carbonyl (C=O) groups is 1. The second-order valence-electron chi connectivity index (χ2n) is 7.90. The maximum atomic E-state index is 12.8. The molecule has 0 fully saturated rings. The van der Waals surface area contributed by atoms with E-state index in [0.717, 1.165) is 6.42 Å². The topological polar surface area (TPSA) is 93.7 Å². The molecule has 0 aliphatic carbocycles. The Balaban J connectivity index is 2.29. The zero-order valence-electron chi connectivity index (χ0n) is 18.4. The van der Waals surface area contributed by atoms with Crippen LogP contribution in [0.1, 0.15) is 51.4 Å². The minimum Gasteiger partial charge on any atom is -0.490 e. The van der Waals surface area contributed by atoms with E-state index >= 15 is 0 Å². The highest BCUT2D eigenvalue weighted by Crippen LogP contribution is 2.37. The first-order chi connectivity index (χ1) is 14.5. The summed E-state index contributed by atoms with van der Waals surface area (Å²) in [5.74, 6) is 0.311. The molecule has 0 atom stereocenters. The lowest BCUT2D eigenvalue weighted by Crippen LogP contribution is -2.40. The van der Waals surface area contributed by atoms with Gasteiger partial charge in [-0.3, -0.25) is 4.79 Å². The van der Waals surface area contributed by atoms with Crippen molar-refractivity contribution < 1.29 is 22.7 Å². The molecule has 0 radical (unpaired) electrons. The Hall–Kier alpha value is -2.29. The van der Waals surface area contributed by atoms with Crippen LogP contribution >= 0.6 is 11.6 Å². The van der Waals surface area contributed by atoms with E-state index in [0.29, 0.717) is 30.4 Å². The van der Waals surface area contributed by atoms with E-state index in [1.54, 1.807) is 39.0 Å². The molecule has 2 N–H and O–H groups in total. The van der Waals surface area contributed by atoms with Crippen LogP contribution in [0.15, 0.2) is 41.3 Å². The Morgan fingerprint density at radius 1 is 1.10 bits per heavy atom. The van der Waals surface area contributed by atoms with Crippen molar-refractivity contribution in [2.24, 2.45) is 0 Å². The standard InChI is InChI=1S/C22H29ClN2O5S/c1-6-11-30-20-18(23)12-15(13-19(20)29-7-2)21(26)24-16-9-8-10-17(14-16)31(27,28)25-22(3,4)5/h8-10,12-14,25H,6-7,11H2,1-5H3,(H,24,26). The first kappa shape index (κ1) is 25.0. The van der Waals surface area contributed by atoms with Crippen LogP contribution in [0.2, 0.25) is 5.02 Å². The predicted octanol–water partition coefficient (Wildman–Crippen LogP) is 4.86. The first-order valence-electron chi connectivity index (χ1n) is 10.0. The summed E-state index contributed by atoms with van der Waals surface area (Å²) in [5, 5.41) is 2.97. The van der Waals surface area contributed by atoms with Gasteiger partial charge in [0, 0.05) is 16.8 Å².